The van der Waals surface area contributed by atoms with E-state index in [1.165, 1.54) is 4.90 Å². The third kappa shape index (κ3) is 4.43. The molecule has 1 atom stereocenters. The lowest BCUT2D eigenvalue weighted by atomic mass is 9.97. The highest BCUT2D eigenvalue weighted by molar-refractivity contribution is 5.85. The first-order chi connectivity index (χ1) is 10.8. The second kappa shape index (κ2) is 6.98. The zero-order valence-electron chi connectivity index (χ0n) is 14.3. The van der Waals surface area contributed by atoms with E-state index in [1.54, 1.807) is 19.3 Å². The smallest absolute Gasteiger partial charge is 0.415 e. The number of rotatable bonds is 3. The van der Waals surface area contributed by atoms with Crippen molar-refractivity contribution in [1.29, 1.82) is 0 Å². The van der Waals surface area contributed by atoms with Crippen LogP contribution in [0.15, 0.2) is 18.3 Å². The number of likely N-dealkylation sites (tertiary alicyclic amines) is 1. The van der Waals surface area contributed by atoms with Crippen LogP contribution in [-0.4, -0.2) is 41.6 Å². The predicted molar refractivity (Wildman–Crippen MR) is 88.2 cm³/mol. The van der Waals surface area contributed by atoms with Crippen LogP contribution in [0.25, 0.3) is 0 Å². The van der Waals surface area contributed by atoms with Crippen LogP contribution in [0.2, 0.25) is 0 Å². The summed E-state index contributed by atoms with van der Waals surface area (Å²) in [5.41, 5.74) is 0.454. The highest BCUT2D eigenvalue weighted by Crippen LogP contribution is 2.30. The average Bonchev–Trinajstić information content (AvgIpc) is 2.52. The van der Waals surface area contributed by atoms with Gasteiger partial charge in [-0.05, 0) is 51.7 Å². The monoisotopic (exact) mass is 319 g/mol. The molecule has 1 aliphatic heterocycles. The molecule has 0 bridgehead atoms. The van der Waals surface area contributed by atoms with Crippen molar-refractivity contribution >= 4 is 18.3 Å². The molecular formula is C17H25N3O3. The largest absolute Gasteiger partial charge is 0.443 e. The second-order valence-corrected chi connectivity index (χ2v) is 6.84. The van der Waals surface area contributed by atoms with Gasteiger partial charge in [-0.1, -0.05) is 6.07 Å². The maximum atomic E-state index is 12.1. The van der Waals surface area contributed by atoms with E-state index < -0.39 is 11.7 Å². The van der Waals surface area contributed by atoms with E-state index in [-0.39, 0.29) is 6.04 Å². The van der Waals surface area contributed by atoms with Crippen LogP contribution in [0.3, 0.4) is 0 Å². The van der Waals surface area contributed by atoms with E-state index >= 15 is 0 Å². The normalized spacial score (nSPS) is 18.4. The molecule has 0 unspecified atom stereocenters. The number of pyridine rings is 1. The molecule has 0 aliphatic carbocycles. The minimum absolute atomic E-state index is 0.0784. The van der Waals surface area contributed by atoms with E-state index in [9.17, 15) is 9.59 Å². The Morgan fingerprint density at radius 2 is 2.13 bits per heavy atom. The molecule has 6 heteroatoms. The number of hydrogen-bond acceptors (Lipinski definition) is 4. The fourth-order valence-corrected chi connectivity index (χ4v) is 2.65. The van der Waals surface area contributed by atoms with Crippen molar-refractivity contribution in [3.05, 3.63) is 23.9 Å². The maximum Gasteiger partial charge on any atom is 0.415 e. The SMILES string of the molecule is CN(C(=O)OC(C)(C)C)c1ccc([C@@H]2CCCCN2C=O)cn1. The Hall–Kier alpha value is -2.11. The molecule has 0 radical (unpaired) electrons. The summed E-state index contributed by atoms with van der Waals surface area (Å²) in [7, 11) is 1.63. The van der Waals surface area contributed by atoms with Crippen molar-refractivity contribution in [2.75, 3.05) is 18.5 Å². The fourth-order valence-electron chi connectivity index (χ4n) is 2.65. The van der Waals surface area contributed by atoms with Gasteiger partial charge in [-0.3, -0.25) is 9.69 Å². The van der Waals surface area contributed by atoms with E-state index in [4.69, 9.17) is 4.74 Å². The summed E-state index contributed by atoms with van der Waals surface area (Å²) in [6, 6.07) is 3.79. The summed E-state index contributed by atoms with van der Waals surface area (Å²) in [6.45, 7) is 6.26. The molecule has 6 nitrogen and oxygen atoms in total. The van der Waals surface area contributed by atoms with Gasteiger partial charge in [0.2, 0.25) is 6.41 Å². The summed E-state index contributed by atoms with van der Waals surface area (Å²) in [5, 5.41) is 0. The van der Waals surface area contributed by atoms with Gasteiger partial charge in [0.25, 0.3) is 0 Å². The number of hydrogen-bond donors (Lipinski definition) is 0. The molecule has 2 rings (SSSR count). The van der Waals surface area contributed by atoms with Crippen LogP contribution in [0.4, 0.5) is 10.6 Å². The Labute approximate surface area is 137 Å². The van der Waals surface area contributed by atoms with Crippen LogP contribution >= 0.6 is 0 Å². The Bertz CT molecular complexity index is 551. The Morgan fingerprint density at radius 3 is 2.70 bits per heavy atom. The number of aromatic nitrogens is 1. The molecule has 0 spiro atoms. The van der Waals surface area contributed by atoms with Crippen LogP contribution < -0.4 is 4.90 Å². The molecular weight excluding hydrogens is 294 g/mol. The summed E-state index contributed by atoms with van der Waals surface area (Å²) in [4.78, 5) is 30.8. The lowest BCUT2D eigenvalue weighted by Gasteiger charge is -2.33. The summed E-state index contributed by atoms with van der Waals surface area (Å²) < 4.78 is 5.33. The number of nitrogens with zero attached hydrogens (tertiary/aromatic N) is 3. The minimum Gasteiger partial charge on any atom is -0.443 e. The molecule has 1 aromatic heterocycles. The van der Waals surface area contributed by atoms with Crippen LogP contribution in [0.5, 0.6) is 0 Å². The third-order valence-electron chi connectivity index (χ3n) is 3.85. The molecule has 1 aromatic rings. The lowest BCUT2D eigenvalue weighted by molar-refractivity contribution is -0.121. The first-order valence-corrected chi connectivity index (χ1v) is 7.95. The average molecular weight is 319 g/mol. The van der Waals surface area contributed by atoms with E-state index in [0.717, 1.165) is 37.8 Å². The molecule has 0 N–H and O–H groups in total. The standard InChI is InChI=1S/C17H25N3O3/c1-17(2,3)23-16(22)19(4)15-9-8-13(11-18-15)14-7-5-6-10-20(14)12-21/h8-9,11-12,14H,5-7,10H2,1-4H3/t14-/m0/s1. The Balaban J connectivity index is 2.09. The second-order valence-electron chi connectivity index (χ2n) is 6.84. The predicted octanol–water partition coefficient (Wildman–Crippen LogP) is 3.14. The highest BCUT2D eigenvalue weighted by atomic mass is 16.6. The number of piperidine rings is 1. The van der Waals surface area contributed by atoms with Gasteiger partial charge in [0.1, 0.15) is 11.4 Å². The first kappa shape index (κ1) is 17.2. The zero-order valence-corrected chi connectivity index (χ0v) is 14.3. The van der Waals surface area contributed by atoms with Crippen molar-refractivity contribution < 1.29 is 14.3 Å². The van der Waals surface area contributed by atoms with Gasteiger partial charge in [-0.15, -0.1) is 0 Å². The number of carbonyl (C=O) groups is 2. The molecule has 0 aromatic carbocycles. The molecule has 0 saturated carbocycles. The van der Waals surface area contributed by atoms with Crippen molar-refractivity contribution in [2.24, 2.45) is 0 Å². The summed E-state index contributed by atoms with van der Waals surface area (Å²) in [6.07, 6.45) is 5.30. The third-order valence-corrected chi connectivity index (χ3v) is 3.85. The number of carbonyl (C=O) groups excluding carboxylic acids is 2. The van der Waals surface area contributed by atoms with E-state index in [2.05, 4.69) is 4.98 Å². The zero-order chi connectivity index (χ0) is 17.0. The fraction of sp³-hybridized carbons (Fsp3) is 0.588. The van der Waals surface area contributed by atoms with Gasteiger partial charge in [0, 0.05) is 19.8 Å². The van der Waals surface area contributed by atoms with Gasteiger partial charge in [0.15, 0.2) is 0 Å². The van der Waals surface area contributed by atoms with Gasteiger partial charge in [-0.2, -0.15) is 0 Å². The van der Waals surface area contributed by atoms with Gasteiger partial charge < -0.3 is 9.64 Å². The van der Waals surface area contributed by atoms with Crippen molar-refractivity contribution in [3.8, 4) is 0 Å². The van der Waals surface area contributed by atoms with Crippen LogP contribution in [0.1, 0.15) is 51.6 Å². The summed E-state index contributed by atoms with van der Waals surface area (Å²) in [5.74, 6) is 0.525. The van der Waals surface area contributed by atoms with Crippen molar-refractivity contribution in [3.63, 3.8) is 0 Å². The number of anilines is 1. The van der Waals surface area contributed by atoms with Crippen LogP contribution in [-0.2, 0) is 9.53 Å². The van der Waals surface area contributed by atoms with Crippen molar-refractivity contribution in [2.45, 2.75) is 51.7 Å². The lowest BCUT2D eigenvalue weighted by Crippen LogP contribution is -2.35. The molecule has 1 aliphatic rings. The highest BCUT2D eigenvalue weighted by Gasteiger charge is 2.24. The Morgan fingerprint density at radius 1 is 1.39 bits per heavy atom. The van der Waals surface area contributed by atoms with Gasteiger partial charge in [0.05, 0.1) is 6.04 Å². The van der Waals surface area contributed by atoms with Gasteiger partial charge >= 0.3 is 6.09 Å². The molecule has 2 heterocycles. The van der Waals surface area contributed by atoms with Gasteiger partial charge in [-0.25, -0.2) is 9.78 Å². The molecule has 2 amide bonds. The topological polar surface area (TPSA) is 62.7 Å². The summed E-state index contributed by atoms with van der Waals surface area (Å²) >= 11 is 0. The molecule has 126 valence electrons. The molecule has 23 heavy (non-hydrogen) atoms. The Kier molecular flexibility index (Phi) is 5.23. The van der Waals surface area contributed by atoms with Crippen LogP contribution in [0, 0.1) is 0 Å². The first-order valence-electron chi connectivity index (χ1n) is 7.95. The quantitative estimate of drug-likeness (QED) is 0.803. The molecule has 1 fully saturated rings. The molecule has 1 saturated heterocycles. The number of amides is 2. The maximum absolute atomic E-state index is 12.1. The van der Waals surface area contributed by atoms with Crippen molar-refractivity contribution in [1.82, 2.24) is 9.88 Å². The minimum atomic E-state index is -0.544. The van der Waals surface area contributed by atoms with E-state index in [0.29, 0.717) is 5.82 Å². The number of ether oxygens (including phenoxy) is 1. The van der Waals surface area contributed by atoms with E-state index in [1.807, 2.05) is 31.7 Å².